The van der Waals surface area contributed by atoms with Gasteiger partial charge in [-0.1, -0.05) is 11.6 Å². The minimum atomic E-state index is -5.14. The van der Waals surface area contributed by atoms with Gasteiger partial charge in [-0.3, -0.25) is 0 Å². The van der Waals surface area contributed by atoms with Crippen LogP contribution in [0.4, 0.5) is 27.8 Å². The number of hydrogen-bond donors (Lipinski definition) is 1. The number of pyridine rings is 1. The molecule has 0 aliphatic rings. The maximum absolute atomic E-state index is 12.4. The summed E-state index contributed by atoms with van der Waals surface area (Å²) < 4.78 is 63.9. The molecule has 3 nitrogen and oxygen atoms in total. The lowest BCUT2D eigenvalue weighted by Crippen LogP contribution is -2.19. The van der Waals surface area contributed by atoms with E-state index in [2.05, 4.69) is 9.72 Å². The van der Waals surface area contributed by atoms with Crippen LogP contribution >= 0.6 is 11.6 Å². The summed E-state index contributed by atoms with van der Waals surface area (Å²) in [6.45, 7) is 0. The molecule has 0 amide bonds. The standard InChI is InChI=1S/C7H4ClF5N2O/c8-2-1-15-6(14)3(5(9)10)4(2)16-7(11,12)13/h1,5H,(H2,14,15). The Morgan fingerprint density at radius 2 is 1.94 bits per heavy atom. The molecule has 1 aromatic rings. The Morgan fingerprint density at radius 1 is 1.38 bits per heavy atom. The molecule has 0 fully saturated rings. The first-order chi connectivity index (χ1) is 7.22. The number of aromatic nitrogens is 1. The van der Waals surface area contributed by atoms with Crippen LogP contribution in [0, 0.1) is 0 Å². The Hall–Kier alpha value is -1.31. The predicted octanol–water partition coefficient (Wildman–Crippen LogP) is 3.15. The monoisotopic (exact) mass is 262 g/mol. The van der Waals surface area contributed by atoms with Crippen molar-refractivity contribution in [1.29, 1.82) is 0 Å². The van der Waals surface area contributed by atoms with Gasteiger partial charge in [-0.05, 0) is 0 Å². The fourth-order valence-corrected chi connectivity index (χ4v) is 1.12. The van der Waals surface area contributed by atoms with E-state index in [0.29, 0.717) is 6.20 Å². The third-order valence-corrected chi connectivity index (χ3v) is 1.76. The molecule has 9 heteroatoms. The summed E-state index contributed by atoms with van der Waals surface area (Å²) in [5.41, 5.74) is 3.84. The summed E-state index contributed by atoms with van der Waals surface area (Å²) in [7, 11) is 0. The van der Waals surface area contributed by atoms with E-state index in [-0.39, 0.29) is 0 Å². The second kappa shape index (κ2) is 4.28. The quantitative estimate of drug-likeness (QED) is 0.833. The summed E-state index contributed by atoms with van der Waals surface area (Å²) in [4.78, 5) is 3.21. The van der Waals surface area contributed by atoms with E-state index >= 15 is 0 Å². The Kier molecular flexibility index (Phi) is 3.41. The average molecular weight is 263 g/mol. The van der Waals surface area contributed by atoms with Crippen LogP contribution in [0.25, 0.3) is 0 Å². The number of nitrogens with two attached hydrogens (primary N) is 1. The summed E-state index contributed by atoms with van der Waals surface area (Å²) in [5.74, 6) is -1.99. The lowest BCUT2D eigenvalue weighted by atomic mass is 10.2. The number of halogens is 6. The van der Waals surface area contributed by atoms with E-state index in [1.807, 2.05) is 0 Å². The number of nitrogens with zero attached hydrogens (tertiary/aromatic N) is 1. The highest BCUT2D eigenvalue weighted by molar-refractivity contribution is 6.32. The minimum Gasteiger partial charge on any atom is -0.403 e. The molecule has 2 N–H and O–H groups in total. The molecule has 0 radical (unpaired) electrons. The molecular weight excluding hydrogens is 259 g/mol. The van der Waals surface area contributed by atoms with Gasteiger partial charge >= 0.3 is 6.36 Å². The van der Waals surface area contributed by atoms with Crippen LogP contribution in [0.15, 0.2) is 6.20 Å². The third-order valence-electron chi connectivity index (χ3n) is 1.49. The molecule has 1 rings (SSSR count). The van der Waals surface area contributed by atoms with Gasteiger partial charge in [-0.2, -0.15) is 0 Å². The van der Waals surface area contributed by atoms with E-state index in [0.717, 1.165) is 0 Å². The van der Waals surface area contributed by atoms with Crippen molar-refractivity contribution in [3.8, 4) is 5.75 Å². The summed E-state index contributed by atoms with van der Waals surface area (Å²) >= 11 is 5.28. The van der Waals surface area contributed by atoms with Gasteiger partial charge in [0.1, 0.15) is 16.4 Å². The number of rotatable bonds is 2. The SMILES string of the molecule is Nc1ncc(Cl)c(OC(F)(F)F)c1C(F)F. The number of ether oxygens (including phenoxy) is 1. The van der Waals surface area contributed by atoms with Crippen LogP contribution in [0.2, 0.25) is 5.02 Å². The van der Waals surface area contributed by atoms with E-state index < -0.39 is 34.9 Å². The lowest BCUT2D eigenvalue weighted by Gasteiger charge is -2.15. The van der Waals surface area contributed by atoms with Crippen molar-refractivity contribution in [2.24, 2.45) is 0 Å². The Morgan fingerprint density at radius 3 is 2.38 bits per heavy atom. The number of alkyl halides is 5. The summed E-state index contributed by atoms with van der Waals surface area (Å²) in [6.07, 6.45) is -7.71. The van der Waals surface area contributed by atoms with Gasteiger partial charge < -0.3 is 10.5 Å². The molecule has 1 heterocycles. The van der Waals surface area contributed by atoms with Gasteiger partial charge in [0, 0.05) is 0 Å². The highest BCUT2D eigenvalue weighted by Crippen LogP contribution is 2.40. The maximum atomic E-state index is 12.4. The first-order valence-electron chi connectivity index (χ1n) is 3.70. The average Bonchev–Trinajstić information content (AvgIpc) is 2.08. The van der Waals surface area contributed by atoms with Crippen LogP contribution < -0.4 is 10.5 Å². The molecular formula is C7H4ClF5N2O. The van der Waals surface area contributed by atoms with Gasteiger partial charge in [-0.15, -0.1) is 13.2 Å². The number of nitrogen functional groups attached to an aromatic ring is 1. The Labute approximate surface area is 91.0 Å². The molecule has 0 unspecified atom stereocenters. The van der Waals surface area contributed by atoms with Crippen LogP contribution in [0.5, 0.6) is 5.75 Å². The van der Waals surface area contributed by atoms with Gasteiger partial charge in [0.05, 0.1) is 6.20 Å². The van der Waals surface area contributed by atoms with E-state index in [1.165, 1.54) is 0 Å². The molecule has 0 atom stereocenters. The molecule has 0 aliphatic carbocycles. The maximum Gasteiger partial charge on any atom is 0.573 e. The molecule has 0 bridgehead atoms. The molecule has 1 aromatic heterocycles. The topological polar surface area (TPSA) is 48.1 Å². The molecule has 16 heavy (non-hydrogen) atoms. The first-order valence-corrected chi connectivity index (χ1v) is 4.08. The van der Waals surface area contributed by atoms with Crippen molar-refractivity contribution in [2.45, 2.75) is 12.8 Å². The van der Waals surface area contributed by atoms with Crippen molar-refractivity contribution < 1.29 is 26.7 Å². The number of anilines is 1. The fourth-order valence-electron chi connectivity index (χ4n) is 0.930. The molecule has 0 aliphatic heterocycles. The smallest absolute Gasteiger partial charge is 0.403 e. The molecule has 90 valence electrons. The van der Waals surface area contributed by atoms with Gasteiger partial charge in [0.2, 0.25) is 0 Å². The first kappa shape index (κ1) is 12.8. The van der Waals surface area contributed by atoms with Crippen LogP contribution in [-0.2, 0) is 0 Å². The van der Waals surface area contributed by atoms with Crippen molar-refractivity contribution >= 4 is 17.4 Å². The number of hydrogen-bond acceptors (Lipinski definition) is 3. The minimum absolute atomic E-state index is 0.693. The second-order valence-electron chi connectivity index (χ2n) is 2.58. The highest BCUT2D eigenvalue weighted by atomic mass is 35.5. The molecule has 0 aromatic carbocycles. The van der Waals surface area contributed by atoms with Crippen molar-refractivity contribution in [3.05, 3.63) is 16.8 Å². The highest BCUT2D eigenvalue weighted by Gasteiger charge is 2.35. The fraction of sp³-hybridized carbons (Fsp3) is 0.286. The van der Waals surface area contributed by atoms with E-state index in [9.17, 15) is 22.0 Å². The van der Waals surface area contributed by atoms with Crippen LogP contribution in [0.3, 0.4) is 0 Å². The molecule has 0 saturated carbocycles. The normalized spacial score (nSPS) is 11.9. The molecule has 0 saturated heterocycles. The summed E-state index contributed by atoms with van der Waals surface area (Å²) in [5, 5.41) is -0.693. The largest absolute Gasteiger partial charge is 0.573 e. The lowest BCUT2D eigenvalue weighted by molar-refractivity contribution is -0.275. The van der Waals surface area contributed by atoms with Crippen molar-refractivity contribution in [2.75, 3.05) is 5.73 Å². The van der Waals surface area contributed by atoms with Crippen molar-refractivity contribution in [1.82, 2.24) is 4.98 Å². The zero-order chi connectivity index (χ0) is 12.5. The zero-order valence-corrected chi connectivity index (χ0v) is 8.11. The zero-order valence-electron chi connectivity index (χ0n) is 7.36. The van der Waals surface area contributed by atoms with Gasteiger partial charge in [0.15, 0.2) is 5.75 Å². The second-order valence-corrected chi connectivity index (χ2v) is 2.99. The van der Waals surface area contributed by atoms with Crippen molar-refractivity contribution in [3.63, 3.8) is 0 Å². The Balaban J connectivity index is 3.29. The third kappa shape index (κ3) is 2.84. The van der Waals surface area contributed by atoms with Gasteiger partial charge in [-0.25, -0.2) is 13.8 Å². The summed E-state index contributed by atoms with van der Waals surface area (Å²) in [6, 6.07) is 0. The van der Waals surface area contributed by atoms with Crippen LogP contribution in [0.1, 0.15) is 12.0 Å². The molecule has 0 spiro atoms. The van der Waals surface area contributed by atoms with E-state index in [1.54, 1.807) is 0 Å². The van der Waals surface area contributed by atoms with Gasteiger partial charge in [0.25, 0.3) is 6.43 Å². The van der Waals surface area contributed by atoms with E-state index in [4.69, 9.17) is 17.3 Å². The van der Waals surface area contributed by atoms with Crippen LogP contribution in [-0.4, -0.2) is 11.3 Å². The Bertz CT molecular complexity index is 395. The predicted molar refractivity (Wildman–Crippen MR) is 45.3 cm³/mol.